The fourth-order valence-corrected chi connectivity index (χ4v) is 4.31. The van der Waals surface area contributed by atoms with E-state index in [9.17, 15) is 4.79 Å². The van der Waals surface area contributed by atoms with Crippen LogP contribution in [0, 0.1) is 0 Å². The zero-order valence-corrected chi connectivity index (χ0v) is 15.7. The van der Waals surface area contributed by atoms with Gasteiger partial charge in [-0.3, -0.25) is 10.1 Å². The van der Waals surface area contributed by atoms with Crippen LogP contribution >= 0.6 is 0 Å². The minimum atomic E-state index is -0.212. The van der Waals surface area contributed by atoms with Crippen molar-refractivity contribution < 1.29 is 4.79 Å². The molecule has 2 N–H and O–H groups in total. The van der Waals surface area contributed by atoms with Gasteiger partial charge in [-0.1, -0.05) is 69.7 Å². The van der Waals surface area contributed by atoms with Crippen molar-refractivity contribution in [2.45, 2.75) is 95.7 Å². The van der Waals surface area contributed by atoms with E-state index in [0.29, 0.717) is 12.1 Å². The van der Waals surface area contributed by atoms with E-state index in [1.807, 2.05) is 0 Å². The zero-order valence-electron chi connectivity index (χ0n) is 15.7. The van der Waals surface area contributed by atoms with Crippen LogP contribution in [0.4, 0.5) is 0 Å². The Morgan fingerprint density at radius 1 is 0.920 bits per heavy atom. The molecule has 0 heterocycles. The number of aryl methyl sites for hydroxylation is 1. The average molecular weight is 343 g/mol. The number of benzene rings is 1. The first-order valence-electron chi connectivity index (χ1n) is 10.4. The summed E-state index contributed by atoms with van der Waals surface area (Å²) in [5, 5.41) is 7.02. The second kappa shape index (κ2) is 9.38. The van der Waals surface area contributed by atoms with E-state index in [0.717, 1.165) is 24.8 Å². The highest BCUT2D eigenvalue weighted by atomic mass is 16.2. The van der Waals surface area contributed by atoms with Gasteiger partial charge in [-0.15, -0.1) is 0 Å². The first-order chi connectivity index (χ1) is 12.3. The minimum absolute atomic E-state index is 0.168. The summed E-state index contributed by atoms with van der Waals surface area (Å²) in [6, 6.07) is 9.24. The van der Waals surface area contributed by atoms with Gasteiger partial charge >= 0.3 is 0 Å². The van der Waals surface area contributed by atoms with Crippen molar-refractivity contribution in [2.24, 2.45) is 0 Å². The Morgan fingerprint density at radius 2 is 1.48 bits per heavy atom. The predicted octanol–water partition coefficient (Wildman–Crippen LogP) is 4.66. The largest absolute Gasteiger partial charge is 0.352 e. The highest BCUT2D eigenvalue weighted by Gasteiger charge is 2.27. The maximum absolute atomic E-state index is 13.1. The number of hydrogen-bond acceptors (Lipinski definition) is 2. The van der Waals surface area contributed by atoms with Crippen molar-refractivity contribution in [1.29, 1.82) is 0 Å². The molecule has 3 rings (SSSR count). The Balaban J connectivity index is 1.70. The molecular weight excluding hydrogens is 308 g/mol. The molecule has 2 saturated carbocycles. The molecule has 138 valence electrons. The molecule has 1 aromatic carbocycles. The molecule has 1 amide bonds. The van der Waals surface area contributed by atoms with E-state index in [2.05, 4.69) is 41.8 Å². The van der Waals surface area contributed by atoms with Crippen LogP contribution in [-0.2, 0) is 11.2 Å². The molecule has 0 saturated heterocycles. The number of nitrogens with one attached hydrogen (secondary N) is 2. The number of hydrogen-bond donors (Lipinski definition) is 2. The summed E-state index contributed by atoms with van der Waals surface area (Å²) in [5.74, 6) is 0.168. The molecular formula is C22H34N2O. The summed E-state index contributed by atoms with van der Waals surface area (Å²) in [5.41, 5.74) is 2.43. The van der Waals surface area contributed by atoms with E-state index >= 15 is 0 Å². The molecule has 3 nitrogen and oxygen atoms in total. The molecule has 25 heavy (non-hydrogen) atoms. The third-order valence-corrected chi connectivity index (χ3v) is 5.94. The van der Waals surface area contributed by atoms with Gasteiger partial charge in [0.25, 0.3) is 0 Å². The van der Waals surface area contributed by atoms with Crippen molar-refractivity contribution in [1.82, 2.24) is 10.6 Å². The van der Waals surface area contributed by atoms with Gasteiger partial charge in [0, 0.05) is 12.1 Å². The van der Waals surface area contributed by atoms with Gasteiger partial charge in [0.15, 0.2) is 0 Å². The van der Waals surface area contributed by atoms with E-state index in [1.54, 1.807) is 0 Å². The first-order valence-corrected chi connectivity index (χ1v) is 10.4. The highest BCUT2D eigenvalue weighted by Crippen LogP contribution is 2.24. The lowest BCUT2D eigenvalue weighted by Gasteiger charge is -2.30. The second-order valence-corrected chi connectivity index (χ2v) is 7.87. The number of carbonyl (C=O) groups is 1. The van der Waals surface area contributed by atoms with Crippen molar-refractivity contribution in [3.05, 3.63) is 35.4 Å². The van der Waals surface area contributed by atoms with Crippen molar-refractivity contribution in [3.63, 3.8) is 0 Å². The van der Waals surface area contributed by atoms with E-state index in [4.69, 9.17) is 0 Å². The first kappa shape index (κ1) is 18.4. The molecule has 2 fully saturated rings. The fraction of sp³-hybridized carbons (Fsp3) is 0.682. The standard InChI is InChI=1S/C22H34N2O/c1-2-17-13-15-18(16-14-17)21(23-19-9-5-3-6-10-19)22(25)24-20-11-7-4-8-12-20/h13-16,19-21,23H,2-12H2,1H3,(H,24,25). The van der Waals surface area contributed by atoms with Crippen LogP contribution in [0.1, 0.15) is 88.3 Å². The van der Waals surface area contributed by atoms with Crippen LogP contribution in [0.3, 0.4) is 0 Å². The summed E-state index contributed by atoms with van der Waals surface area (Å²) in [6.07, 6.45) is 13.4. The molecule has 1 atom stereocenters. The van der Waals surface area contributed by atoms with Gasteiger partial charge in [-0.2, -0.15) is 0 Å². The summed E-state index contributed by atoms with van der Waals surface area (Å²) in [7, 11) is 0. The van der Waals surface area contributed by atoms with Crippen LogP contribution in [0.5, 0.6) is 0 Å². The normalized spacial score (nSPS) is 21.0. The molecule has 1 unspecified atom stereocenters. The summed E-state index contributed by atoms with van der Waals surface area (Å²) < 4.78 is 0. The Hall–Kier alpha value is -1.35. The number of rotatable bonds is 6. The highest BCUT2D eigenvalue weighted by molar-refractivity contribution is 5.83. The number of carbonyl (C=O) groups excluding carboxylic acids is 1. The molecule has 2 aliphatic carbocycles. The lowest BCUT2D eigenvalue weighted by molar-refractivity contribution is -0.124. The third-order valence-electron chi connectivity index (χ3n) is 5.94. The quantitative estimate of drug-likeness (QED) is 0.789. The fourth-order valence-electron chi connectivity index (χ4n) is 4.31. The molecule has 2 aliphatic rings. The lowest BCUT2D eigenvalue weighted by atomic mass is 9.92. The van der Waals surface area contributed by atoms with Crippen LogP contribution in [-0.4, -0.2) is 18.0 Å². The maximum Gasteiger partial charge on any atom is 0.241 e. The lowest BCUT2D eigenvalue weighted by Crippen LogP contribution is -2.46. The monoisotopic (exact) mass is 342 g/mol. The van der Waals surface area contributed by atoms with Crippen LogP contribution < -0.4 is 10.6 Å². The topological polar surface area (TPSA) is 41.1 Å². The van der Waals surface area contributed by atoms with Gasteiger partial charge in [0.05, 0.1) is 0 Å². The van der Waals surface area contributed by atoms with Crippen molar-refractivity contribution in [2.75, 3.05) is 0 Å². The molecule has 0 aliphatic heterocycles. The molecule has 1 aromatic rings. The molecule has 0 radical (unpaired) electrons. The Bertz CT molecular complexity index is 527. The maximum atomic E-state index is 13.1. The van der Waals surface area contributed by atoms with E-state index in [1.165, 1.54) is 56.9 Å². The average Bonchev–Trinajstić information content (AvgIpc) is 2.68. The molecule has 3 heteroatoms. The Kier molecular flexibility index (Phi) is 6.92. The summed E-state index contributed by atoms with van der Waals surface area (Å²) >= 11 is 0. The third kappa shape index (κ3) is 5.31. The summed E-state index contributed by atoms with van der Waals surface area (Å²) in [6.45, 7) is 2.17. The smallest absolute Gasteiger partial charge is 0.241 e. The van der Waals surface area contributed by atoms with Gasteiger partial charge in [-0.05, 0) is 43.2 Å². The predicted molar refractivity (Wildman–Crippen MR) is 104 cm³/mol. The Labute approximate surface area is 153 Å². The Morgan fingerprint density at radius 3 is 2.04 bits per heavy atom. The van der Waals surface area contributed by atoms with Crippen molar-refractivity contribution in [3.8, 4) is 0 Å². The van der Waals surface area contributed by atoms with Crippen molar-refractivity contribution >= 4 is 5.91 Å². The molecule has 0 spiro atoms. The molecule has 0 aromatic heterocycles. The van der Waals surface area contributed by atoms with E-state index in [-0.39, 0.29) is 11.9 Å². The van der Waals surface area contributed by atoms with Crippen LogP contribution in [0.2, 0.25) is 0 Å². The van der Waals surface area contributed by atoms with E-state index < -0.39 is 0 Å². The SMILES string of the molecule is CCc1ccc(C(NC2CCCCC2)C(=O)NC2CCCCC2)cc1. The second-order valence-electron chi connectivity index (χ2n) is 7.87. The van der Waals surface area contributed by atoms with Gasteiger partial charge in [-0.25, -0.2) is 0 Å². The van der Waals surface area contributed by atoms with Crippen LogP contribution in [0.25, 0.3) is 0 Å². The van der Waals surface area contributed by atoms with Gasteiger partial charge in [0.1, 0.15) is 6.04 Å². The zero-order chi connectivity index (χ0) is 17.5. The van der Waals surface area contributed by atoms with Gasteiger partial charge in [0.2, 0.25) is 5.91 Å². The van der Waals surface area contributed by atoms with Gasteiger partial charge < -0.3 is 5.32 Å². The summed E-state index contributed by atoms with van der Waals surface area (Å²) in [4.78, 5) is 13.1. The number of amides is 1. The van der Waals surface area contributed by atoms with Crippen LogP contribution in [0.15, 0.2) is 24.3 Å². The molecule has 0 bridgehead atoms. The minimum Gasteiger partial charge on any atom is -0.352 e.